The second-order valence-electron chi connectivity index (χ2n) is 4.33. The van der Waals surface area contributed by atoms with Gasteiger partial charge in [0.05, 0.1) is 10.6 Å². The lowest BCUT2D eigenvalue weighted by molar-refractivity contribution is 0.0953. The number of aromatic nitrogens is 1. The van der Waals surface area contributed by atoms with Crippen molar-refractivity contribution >= 4 is 29.1 Å². The molecule has 2 rings (SSSR count). The van der Waals surface area contributed by atoms with Crippen molar-refractivity contribution in [3.8, 4) is 0 Å². The largest absolute Gasteiger partial charge is 0.352 e. The first-order valence-electron chi connectivity index (χ1n) is 5.76. The number of hydrogen-bond acceptors (Lipinski definition) is 2. The minimum absolute atomic E-state index is 0.185. The number of carbonyl (C=O) groups is 1. The smallest absolute Gasteiger partial charge is 0.252 e. The highest BCUT2D eigenvalue weighted by molar-refractivity contribution is 6.35. The summed E-state index contributed by atoms with van der Waals surface area (Å²) in [6, 6.07) is 1.49. The quantitative estimate of drug-likeness (QED) is 0.660. The molecule has 1 heterocycles. The van der Waals surface area contributed by atoms with E-state index in [9.17, 15) is 4.79 Å². The van der Waals surface area contributed by atoms with E-state index in [2.05, 4.69) is 10.3 Å². The van der Waals surface area contributed by atoms with Crippen LogP contribution in [0.2, 0.25) is 10.2 Å². The van der Waals surface area contributed by atoms with Crippen LogP contribution in [0.3, 0.4) is 0 Å². The number of nitrogens with one attached hydrogen (secondary N) is 1. The van der Waals surface area contributed by atoms with Gasteiger partial charge in [0.15, 0.2) is 0 Å². The molecule has 0 unspecified atom stereocenters. The van der Waals surface area contributed by atoms with Crippen LogP contribution >= 0.6 is 23.2 Å². The minimum Gasteiger partial charge on any atom is -0.352 e. The highest BCUT2D eigenvalue weighted by Gasteiger charge is 2.20. The van der Waals surface area contributed by atoms with Crippen LogP contribution in [0.5, 0.6) is 0 Å². The Labute approximate surface area is 111 Å². The molecule has 5 heteroatoms. The molecule has 1 saturated carbocycles. The normalized spacial score (nSPS) is 14.7. The first kappa shape index (κ1) is 12.7. The van der Waals surface area contributed by atoms with E-state index in [1.54, 1.807) is 0 Å². The fourth-order valence-corrected chi connectivity index (χ4v) is 2.03. The van der Waals surface area contributed by atoms with Crippen LogP contribution in [-0.2, 0) is 0 Å². The molecule has 1 aromatic rings. The molecule has 0 radical (unpaired) electrons. The maximum Gasteiger partial charge on any atom is 0.252 e. The highest BCUT2D eigenvalue weighted by atomic mass is 35.5. The van der Waals surface area contributed by atoms with Gasteiger partial charge < -0.3 is 5.32 Å². The molecule has 0 aliphatic heterocycles. The second kappa shape index (κ2) is 5.69. The zero-order valence-electron chi connectivity index (χ0n) is 9.38. The van der Waals surface area contributed by atoms with E-state index in [1.807, 2.05) is 0 Å². The predicted molar refractivity (Wildman–Crippen MR) is 68.5 cm³/mol. The van der Waals surface area contributed by atoms with Gasteiger partial charge in [0.1, 0.15) is 5.15 Å². The van der Waals surface area contributed by atoms with E-state index in [4.69, 9.17) is 23.2 Å². The SMILES string of the molecule is O=C(NCCCC1CC1)c1cc(Cl)ncc1Cl. The van der Waals surface area contributed by atoms with E-state index < -0.39 is 0 Å². The molecule has 92 valence electrons. The number of nitrogens with zero attached hydrogens (tertiary/aromatic N) is 1. The lowest BCUT2D eigenvalue weighted by Gasteiger charge is -2.06. The van der Waals surface area contributed by atoms with Gasteiger partial charge in [-0.2, -0.15) is 0 Å². The van der Waals surface area contributed by atoms with Gasteiger partial charge in [0, 0.05) is 12.7 Å². The molecule has 0 aromatic carbocycles. The zero-order valence-corrected chi connectivity index (χ0v) is 10.9. The maximum absolute atomic E-state index is 11.8. The van der Waals surface area contributed by atoms with Gasteiger partial charge in [-0.15, -0.1) is 0 Å². The van der Waals surface area contributed by atoms with Gasteiger partial charge in [-0.3, -0.25) is 4.79 Å². The summed E-state index contributed by atoms with van der Waals surface area (Å²) in [7, 11) is 0. The Morgan fingerprint density at radius 2 is 2.24 bits per heavy atom. The van der Waals surface area contributed by atoms with Crippen LogP contribution in [-0.4, -0.2) is 17.4 Å². The van der Waals surface area contributed by atoms with E-state index in [0.29, 0.717) is 17.1 Å². The van der Waals surface area contributed by atoms with Crippen molar-refractivity contribution in [1.29, 1.82) is 0 Å². The molecule has 1 N–H and O–H groups in total. The molecule has 1 aliphatic rings. The standard InChI is InChI=1S/C12H14Cl2N2O/c13-10-7-16-11(14)6-9(10)12(17)15-5-1-2-8-3-4-8/h6-8H,1-5H2,(H,15,17). The van der Waals surface area contributed by atoms with Gasteiger partial charge in [-0.05, 0) is 24.8 Å². The van der Waals surface area contributed by atoms with Crippen molar-refractivity contribution in [2.45, 2.75) is 25.7 Å². The fraction of sp³-hybridized carbons (Fsp3) is 0.500. The Bertz CT molecular complexity index is 419. The van der Waals surface area contributed by atoms with Gasteiger partial charge in [-0.1, -0.05) is 36.0 Å². The summed E-state index contributed by atoms with van der Waals surface area (Å²) in [5.74, 6) is 0.709. The van der Waals surface area contributed by atoms with Crippen LogP contribution in [0.15, 0.2) is 12.3 Å². The minimum atomic E-state index is -0.185. The number of pyridine rings is 1. The van der Waals surface area contributed by atoms with E-state index in [-0.39, 0.29) is 11.1 Å². The van der Waals surface area contributed by atoms with Gasteiger partial charge in [0.2, 0.25) is 0 Å². The number of amides is 1. The van der Waals surface area contributed by atoms with Crippen molar-refractivity contribution in [1.82, 2.24) is 10.3 Å². The predicted octanol–water partition coefficient (Wildman–Crippen LogP) is 3.31. The maximum atomic E-state index is 11.8. The van der Waals surface area contributed by atoms with Crippen LogP contribution in [0, 0.1) is 5.92 Å². The lowest BCUT2D eigenvalue weighted by Crippen LogP contribution is -2.24. The number of hydrogen-bond donors (Lipinski definition) is 1. The van der Waals surface area contributed by atoms with Gasteiger partial charge >= 0.3 is 0 Å². The summed E-state index contributed by atoms with van der Waals surface area (Å²) >= 11 is 11.6. The third-order valence-electron chi connectivity index (χ3n) is 2.84. The third kappa shape index (κ3) is 3.86. The molecule has 0 spiro atoms. The summed E-state index contributed by atoms with van der Waals surface area (Å²) in [6.07, 6.45) is 6.31. The Hall–Kier alpha value is -0.800. The number of carbonyl (C=O) groups excluding carboxylic acids is 1. The third-order valence-corrected chi connectivity index (χ3v) is 3.35. The zero-order chi connectivity index (χ0) is 12.3. The summed E-state index contributed by atoms with van der Waals surface area (Å²) in [4.78, 5) is 15.6. The van der Waals surface area contributed by atoms with E-state index in [1.165, 1.54) is 31.5 Å². The van der Waals surface area contributed by atoms with Crippen molar-refractivity contribution in [2.75, 3.05) is 6.54 Å². The summed E-state index contributed by atoms with van der Waals surface area (Å²) in [5, 5.41) is 3.44. The summed E-state index contributed by atoms with van der Waals surface area (Å²) in [5.41, 5.74) is 0.387. The molecule has 17 heavy (non-hydrogen) atoms. The fourth-order valence-electron chi connectivity index (χ4n) is 1.68. The molecular formula is C12H14Cl2N2O. The molecule has 1 fully saturated rings. The monoisotopic (exact) mass is 272 g/mol. The van der Waals surface area contributed by atoms with Gasteiger partial charge in [0.25, 0.3) is 5.91 Å². The average molecular weight is 273 g/mol. The topological polar surface area (TPSA) is 42.0 Å². The molecule has 0 atom stereocenters. The summed E-state index contributed by atoms with van der Waals surface area (Å²) in [6.45, 7) is 0.686. The number of halogens is 2. The van der Waals surface area contributed by atoms with Crippen molar-refractivity contribution in [3.63, 3.8) is 0 Å². The molecule has 1 aromatic heterocycles. The molecule has 1 aliphatic carbocycles. The molecule has 0 bridgehead atoms. The molecule has 3 nitrogen and oxygen atoms in total. The molecular weight excluding hydrogens is 259 g/mol. The lowest BCUT2D eigenvalue weighted by atomic mass is 10.2. The first-order chi connectivity index (χ1) is 8.16. The Kier molecular flexibility index (Phi) is 4.24. The Morgan fingerprint density at radius 3 is 2.94 bits per heavy atom. The number of rotatable bonds is 5. The van der Waals surface area contributed by atoms with Gasteiger partial charge in [-0.25, -0.2) is 4.98 Å². The average Bonchev–Trinajstić information content (AvgIpc) is 3.11. The molecule has 0 saturated heterocycles. The molecule has 1 amide bonds. The van der Waals surface area contributed by atoms with E-state index in [0.717, 1.165) is 12.3 Å². The van der Waals surface area contributed by atoms with Crippen molar-refractivity contribution in [3.05, 3.63) is 28.0 Å². The van der Waals surface area contributed by atoms with E-state index >= 15 is 0 Å². The van der Waals surface area contributed by atoms with Crippen molar-refractivity contribution < 1.29 is 4.79 Å². The van der Waals surface area contributed by atoms with Crippen molar-refractivity contribution in [2.24, 2.45) is 5.92 Å². The van der Waals surface area contributed by atoms with Crippen LogP contribution in [0.1, 0.15) is 36.0 Å². The highest BCUT2D eigenvalue weighted by Crippen LogP contribution is 2.33. The first-order valence-corrected chi connectivity index (χ1v) is 6.51. The Morgan fingerprint density at radius 1 is 1.47 bits per heavy atom. The van der Waals surface area contributed by atoms with Crippen LogP contribution in [0.4, 0.5) is 0 Å². The summed E-state index contributed by atoms with van der Waals surface area (Å²) < 4.78 is 0. The second-order valence-corrected chi connectivity index (χ2v) is 5.12. The van der Waals surface area contributed by atoms with Crippen LogP contribution in [0.25, 0.3) is 0 Å². The Balaban J connectivity index is 1.82. The van der Waals surface area contributed by atoms with Crippen LogP contribution < -0.4 is 5.32 Å².